The van der Waals surface area contributed by atoms with E-state index in [-0.39, 0.29) is 5.41 Å². The van der Waals surface area contributed by atoms with Crippen LogP contribution in [0.5, 0.6) is 0 Å². The van der Waals surface area contributed by atoms with Crippen LogP contribution >= 0.6 is 0 Å². The smallest absolute Gasteiger partial charge is 0.0481 e. The highest BCUT2D eigenvalue weighted by Gasteiger charge is 2.23. The molecule has 0 amide bonds. The highest BCUT2D eigenvalue weighted by molar-refractivity contribution is 5.70. The highest BCUT2D eigenvalue weighted by Crippen LogP contribution is 2.35. The molecular weight excluding hydrogens is 398 g/mol. The van der Waals surface area contributed by atoms with Crippen molar-refractivity contribution in [2.45, 2.75) is 25.3 Å². The molecule has 33 heavy (non-hydrogen) atoms. The van der Waals surface area contributed by atoms with Gasteiger partial charge in [-0.05, 0) is 52.9 Å². The van der Waals surface area contributed by atoms with Gasteiger partial charge >= 0.3 is 0 Å². The number of nitrogens with zero attached hydrogens (tertiary/aromatic N) is 1. The molecule has 0 aliphatic heterocycles. The summed E-state index contributed by atoms with van der Waals surface area (Å²) in [6.07, 6.45) is 9.90. The average molecular weight is 428 g/mol. The Hall–Kier alpha value is -3.84. The molecule has 1 atom stereocenters. The maximum absolute atomic E-state index is 2.40. The zero-order valence-electron chi connectivity index (χ0n) is 19.1. The van der Waals surface area contributed by atoms with Crippen LogP contribution in [0.2, 0.25) is 0 Å². The van der Waals surface area contributed by atoms with E-state index in [9.17, 15) is 0 Å². The zero-order chi connectivity index (χ0) is 22.5. The van der Waals surface area contributed by atoms with Gasteiger partial charge < -0.3 is 4.90 Å². The largest absolute Gasteiger partial charge is 0.337 e. The first kappa shape index (κ1) is 21.0. The summed E-state index contributed by atoms with van der Waals surface area (Å²) in [6.45, 7) is 3.14. The zero-order valence-corrected chi connectivity index (χ0v) is 19.1. The van der Waals surface area contributed by atoms with Crippen molar-refractivity contribution in [3.8, 4) is 11.1 Å². The van der Waals surface area contributed by atoms with Crippen LogP contribution in [0.4, 0.5) is 11.4 Å². The van der Waals surface area contributed by atoms with Gasteiger partial charge in [0, 0.05) is 23.3 Å². The summed E-state index contributed by atoms with van der Waals surface area (Å²) in [5.41, 5.74) is 7.58. The first-order valence-electron chi connectivity index (χ1n) is 11.6. The van der Waals surface area contributed by atoms with Crippen LogP contribution in [0.15, 0.2) is 133 Å². The highest BCUT2D eigenvalue weighted by atomic mass is 15.1. The van der Waals surface area contributed by atoms with Gasteiger partial charge in [-0.2, -0.15) is 0 Å². The SMILES string of the molecule is C[C@]1(c2ccc(N(Cc3ccccc3)c3ccc(-c4ccccc4)cc3)cc2)C=CC=CC1. The first-order valence-corrected chi connectivity index (χ1v) is 11.6. The number of benzene rings is 4. The molecular formula is C32H29N. The van der Waals surface area contributed by atoms with Crippen molar-refractivity contribution in [2.75, 3.05) is 4.90 Å². The Morgan fingerprint density at radius 1 is 0.636 bits per heavy atom. The predicted octanol–water partition coefficient (Wildman–Crippen LogP) is 8.47. The minimum absolute atomic E-state index is 0.0644. The maximum atomic E-state index is 2.40. The van der Waals surface area contributed by atoms with Crippen molar-refractivity contribution in [3.63, 3.8) is 0 Å². The third-order valence-electron chi connectivity index (χ3n) is 6.56. The fourth-order valence-corrected chi connectivity index (χ4v) is 4.53. The summed E-state index contributed by atoms with van der Waals surface area (Å²) in [4.78, 5) is 2.40. The van der Waals surface area contributed by atoms with E-state index >= 15 is 0 Å². The van der Waals surface area contributed by atoms with Crippen LogP contribution in [-0.2, 0) is 12.0 Å². The lowest BCUT2D eigenvalue weighted by Gasteiger charge is -2.29. The van der Waals surface area contributed by atoms with E-state index in [0.717, 1.165) is 13.0 Å². The molecule has 4 aromatic rings. The molecule has 0 radical (unpaired) electrons. The van der Waals surface area contributed by atoms with Gasteiger partial charge in [0.2, 0.25) is 0 Å². The Labute approximate surface area is 197 Å². The van der Waals surface area contributed by atoms with Crippen molar-refractivity contribution in [3.05, 3.63) is 145 Å². The second kappa shape index (κ2) is 9.34. The second-order valence-electron chi connectivity index (χ2n) is 8.94. The van der Waals surface area contributed by atoms with E-state index in [1.165, 1.54) is 33.6 Å². The topological polar surface area (TPSA) is 3.24 Å². The van der Waals surface area contributed by atoms with Crippen LogP contribution in [0.3, 0.4) is 0 Å². The second-order valence-corrected chi connectivity index (χ2v) is 8.94. The molecule has 1 nitrogen and oxygen atoms in total. The standard InChI is InChI=1S/C32H29N/c1-32(23-9-4-10-24-32)29-17-21-31(22-18-29)33(25-26-11-5-2-6-12-26)30-19-15-28(16-20-30)27-13-7-3-8-14-27/h2-23H,24-25H2,1H3/t32-/m0/s1. The molecule has 5 rings (SSSR count). The van der Waals surface area contributed by atoms with E-state index in [1.807, 2.05) is 0 Å². The molecule has 1 aliphatic rings. The Bertz CT molecular complexity index is 1240. The molecule has 0 aromatic heterocycles. The average Bonchev–Trinajstić information content (AvgIpc) is 2.89. The monoisotopic (exact) mass is 427 g/mol. The summed E-state index contributed by atoms with van der Waals surface area (Å²) >= 11 is 0. The van der Waals surface area contributed by atoms with Crippen molar-refractivity contribution >= 4 is 11.4 Å². The molecule has 0 saturated carbocycles. The molecule has 0 unspecified atom stereocenters. The molecule has 0 bridgehead atoms. The summed E-state index contributed by atoms with van der Waals surface area (Å²) in [5.74, 6) is 0. The van der Waals surface area contributed by atoms with Crippen LogP contribution < -0.4 is 4.90 Å². The van der Waals surface area contributed by atoms with E-state index in [0.29, 0.717) is 0 Å². The van der Waals surface area contributed by atoms with Gasteiger partial charge in [0.1, 0.15) is 0 Å². The molecule has 0 N–H and O–H groups in total. The maximum Gasteiger partial charge on any atom is 0.0481 e. The Kier molecular flexibility index (Phi) is 5.95. The fourth-order valence-electron chi connectivity index (χ4n) is 4.53. The Morgan fingerprint density at radius 2 is 1.21 bits per heavy atom. The molecule has 4 aromatic carbocycles. The van der Waals surface area contributed by atoms with E-state index in [2.05, 4.69) is 145 Å². The van der Waals surface area contributed by atoms with Crippen LogP contribution in [0, 0.1) is 0 Å². The third kappa shape index (κ3) is 4.68. The summed E-state index contributed by atoms with van der Waals surface area (Å²) in [6, 6.07) is 39.2. The number of anilines is 2. The number of rotatable bonds is 6. The first-order chi connectivity index (χ1) is 16.2. The molecule has 0 fully saturated rings. The van der Waals surface area contributed by atoms with Gasteiger partial charge in [-0.25, -0.2) is 0 Å². The van der Waals surface area contributed by atoms with Crippen molar-refractivity contribution < 1.29 is 0 Å². The van der Waals surface area contributed by atoms with Gasteiger partial charge in [-0.1, -0.05) is 116 Å². The molecule has 162 valence electrons. The number of allylic oxidation sites excluding steroid dienone is 4. The van der Waals surface area contributed by atoms with Crippen molar-refractivity contribution in [1.29, 1.82) is 0 Å². The van der Waals surface area contributed by atoms with Gasteiger partial charge in [0.25, 0.3) is 0 Å². The van der Waals surface area contributed by atoms with Gasteiger partial charge in [-0.15, -0.1) is 0 Å². The minimum atomic E-state index is 0.0644. The molecule has 0 spiro atoms. The van der Waals surface area contributed by atoms with Gasteiger partial charge in [0.15, 0.2) is 0 Å². The lowest BCUT2D eigenvalue weighted by atomic mass is 9.77. The lowest BCUT2D eigenvalue weighted by Crippen LogP contribution is -2.20. The predicted molar refractivity (Wildman–Crippen MR) is 141 cm³/mol. The Balaban J connectivity index is 1.47. The summed E-state index contributed by atoms with van der Waals surface area (Å²) < 4.78 is 0. The van der Waals surface area contributed by atoms with Gasteiger partial charge in [-0.3, -0.25) is 0 Å². The fraction of sp³-hybridized carbons (Fsp3) is 0.125. The van der Waals surface area contributed by atoms with Crippen molar-refractivity contribution in [2.24, 2.45) is 0 Å². The molecule has 0 saturated heterocycles. The van der Waals surface area contributed by atoms with Crippen LogP contribution in [-0.4, -0.2) is 0 Å². The van der Waals surface area contributed by atoms with Crippen LogP contribution in [0.1, 0.15) is 24.5 Å². The van der Waals surface area contributed by atoms with E-state index in [4.69, 9.17) is 0 Å². The molecule has 0 heterocycles. The minimum Gasteiger partial charge on any atom is -0.337 e. The lowest BCUT2D eigenvalue weighted by molar-refractivity contribution is 0.600. The van der Waals surface area contributed by atoms with Crippen LogP contribution in [0.25, 0.3) is 11.1 Å². The number of hydrogen-bond donors (Lipinski definition) is 0. The van der Waals surface area contributed by atoms with Crippen molar-refractivity contribution in [1.82, 2.24) is 0 Å². The molecule has 1 aliphatic carbocycles. The van der Waals surface area contributed by atoms with E-state index < -0.39 is 0 Å². The summed E-state index contributed by atoms with van der Waals surface area (Å²) in [5, 5.41) is 0. The third-order valence-corrected chi connectivity index (χ3v) is 6.56. The van der Waals surface area contributed by atoms with E-state index in [1.54, 1.807) is 0 Å². The summed E-state index contributed by atoms with van der Waals surface area (Å²) in [7, 11) is 0. The molecule has 1 heteroatoms. The van der Waals surface area contributed by atoms with Gasteiger partial charge in [0.05, 0.1) is 0 Å². The number of hydrogen-bond acceptors (Lipinski definition) is 1. The Morgan fingerprint density at radius 3 is 1.82 bits per heavy atom. The normalized spacial score (nSPS) is 17.1. The quantitative estimate of drug-likeness (QED) is 0.298.